The lowest BCUT2D eigenvalue weighted by atomic mass is 10.3. The minimum absolute atomic E-state index is 0.0805. The van der Waals surface area contributed by atoms with Crippen LogP contribution >= 0.6 is 0 Å². The second-order valence-electron chi connectivity index (χ2n) is 4.66. The molecule has 0 bridgehead atoms. The first-order valence-corrected chi connectivity index (χ1v) is 6.80. The van der Waals surface area contributed by atoms with Crippen LogP contribution in [0.25, 0.3) is 0 Å². The first-order valence-electron chi connectivity index (χ1n) is 6.80. The van der Waals surface area contributed by atoms with Gasteiger partial charge in [-0.05, 0) is 12.1 Å². The molecule has 1 aromatic heterocycles. The highest BCUT2D eigenvalue weighted by atomic mass is 16.5. The zero-order chi connectivity index (χ0) is 15.1. The van der Waals surface area contributed by atoms with Gasteiger partial charge >= 0.3 is 0 Å². The van der Waals surface area contributed by atoms with Crippen molar-refractivity contribution < 1.29 is 9.53 Å². The van der Waals surface area contributed by atoms with Gasteiger partial charge in [-0.25, -0.2) is 4.98 Å². The number of aryl methyl sites for hydroxylation is 1. The van der Waals surface area contributed by atoms with Gasteiger partial charge in [0.2, 0.25) is 5.91 Å². The van der Waals surface area contributed by atoms with E-state index in [-0.39, 0.29) is 12.5 Å². The summed E-state index contributed by atoms with van der Waals surface area (Å²) in [5, 5.41) is 5.92. The molecule has 21 heavy (non-hydrogen) atoms. The SMILES string of the molecule is COc1cccc(NC(=O)CNCCc2nccn2C)c1. The van der Waals surface area contributed by atoms with E-state index in [0.29, 0.717) is 6.54 Å². The van der Waals surface area contributed by atoms with Crippen LogP contribution < -0.4 is 15.4 Å². The molecule has 6 nitrogen and oxygen atoms in total. The summed E-state index contributed by atoms with van der Waals surface area (Å²) >= 11 is 0. The van der Waals surface area contributed by atoms with Crippen molar-refractivity contribution in [2.45, 2.75) is 6.42 Å². The minimum atomic E-state index is -0.0805. The van der Waals surface area contributed by atoms with Crippen molar-refractivity contribution in [3.8, 4) is 5.75 Å². The summed E-state index contributed by atoms with van der Waals surface area (Å²) in [6.07, 6.45) is 4.46. The molecule has 6 heteroatoms. The number of anilines is 1. The van der Waals surface area contributed by atoms with Crippen molar-refractivity contribution >= 4 is 11.6 Å². The lowest BCUT2D eigenvalue weighted by Crippen LogP contribution is -2.29. The van der Waals surface area contributed by atoms with Crippen molar-refractivity contribution in [1.82, 2.24) is 14.9 Å². The fourth-order valence-corrected chi connectivity index (χ4v) is 1.95. The number of ether oxygens (including phenoxy) is 1. The summed E-state index contributed by atoms with van der Waals surface area (Å²) in [7, 11) is 3.55. The fraction of sp³-hybridized carbons (Fsp3) is 0.333. The van der Waals surface area contributed by atoms with Gasteiger partial charge in [0.15, 0.2) is 0 Å². The van der Waals surface area contributed by atoms with E-state index >= 15 is 0 Å². The summed E-state index contributed by atoms with van der Waals surface area (Å²) in [4.78, 5) is 16.0. The van der Waals surface area contributed by atoms with Crippen molar-refractivity contribution in [2.75, 3.05) is 25.5 Å². The van der Waals surface area contributed by atoms with E-state index in [1.807, 2.05) is 36.0 Å². The zero-order valence-corrected chi connectivity index (χ0v) is 12.3. The molecule has 1 heterocycles. The lowest BCUT2D eigenvalue weighted by molar-refractivity contribution is -0.115. The van der Waals surface area contributed by atoms with Gasteiger partial charge in [0.1, 0.15) is 11.6 Å². The predicted molar refractivity (Wildman–Crippen MR) is 81.4 cm³/mol. The molecule has 1 aromatic carbocycles. The maximum atomic E-state index is 11.8. The molecule has 2 rings (SSSR count). The third-order valence-corrected chi connectivity index (χ3v) is 3.09. The number of nitrogens with zero attached hydrogens (tertiary/aromatic N) is 2. The Hall–Kier alpha value is -2.34. The largest absolute Gasteiger partial charge is 0.497 e. The number of aromatic nitrogens is 2. The molecular weight excluding hydrogens is 268 g/mol. The second-order valence-corrected chi connectivity index (χ2v) is 4.66. The van der Waals surface area contributed by atoms with E-state index < -0.39 is 0 Å². The highest BCUT2D eigenvalue weighted by Gasteiger charge is 2.04. The van der Waals surface area contributed by atoms with Crippen LogP contribution in [0.3, 0.4) is 0 Å². The number of carbonyl (C=O) groups excluding carboxylic acids is 1. The van der Waals surface area contributed by atoms with Crippen LogP contribution in [-0.4, -0.2) is 35.7 Å². The minimum Gasteiger partial charge on any atom is -0.497 e. The van der Waals surface area contributed by atoms with Gasteiger partial charge < -0.3 is 19.9 Å². The van der Waals surface area contributed by atoms with Crippen molar-refractivity contribution in [1.29, 1.82) is 0 Å². The molecule has 0 unspecified atom stereocenters. The molecule has 0 fully saturated rings. The first-order chi connectivity index (χ1) is 10.2. The standard InChI is InChI=1S/C15H20N4O2/c1-19-9-8-17-14(19)6-7-16-11-15(20)18-12-4-3-5-13(10-12)21-2/h3-5,8-10,16H,6-7,11H2,1-2H3,(H,18,20). The monoisotopic (exact) mass is 288 g/mol. The average molecular weight is 288 g/mol. The lowest BCUT2D eigenvalue weighted by Gasteiger charge is -2.08. The highest BCUT2D eigenvalue weighted by molar-refractivity contribution is 5.92. The number of methoxy groups -OCH3 is 1. The summed E-state index contributed by atoms with van der Waals surface area (Å²) < 4.78 is 7.08. The third-order valence-electron chi connectivity index (χ3n) is 3.09. The zero-order valence-electron chi connectivity index (χ0n) is 12.3. The van der Waals surface area contributed by atoms with E-state index in [0.717, 1.165) is 23.7 Å². The molecule has 0 aliphatic rings. The molecule has 0 saturated heterocycles. The van der Waals surface area contributed by atoms with E-state index in [1.54, 1.807) is 19.4 Å². The molecule has 0 aliphatic carbocycles. The molecular formula is C15H20N4O2. The number of rotatable bonds is 7. The smallest absolute Gasteiger partial charge is 0.238 e. The average Bonchev–Trinajstić information content (AvgIpc) is 2.89. The number of carbonyl (C=O) groups is 1. The van der Waals surface area contributed by atoms with Crippen LogP contribution in [0.4, 0.5) is 5.69 Å². The maximum Gasteiger partial charge on any atom is 0.238 e. The summed E-state index contributed by atoms with van der Waals surface area (Å²) in [6, 6.07) is 7.28. The molecule has 2 aromatic rings. The number of hydrogen-bond donors (Lipinski definition) is 2. The molecule has 1 amide bonds. The number of benzene rings is 1. The predicted octanol–water partition coefficient (Wildman–Crippen LogP) is 1.20. The Morgan fingerprint density at radius 2 is 2.29 bits per heavy atom. The fourth-order valence-electron chi connectivity index (χ4n) is 1.95. The highest BCUT2D eigenvalue weighted by Crippen LogP contribution is 2.16. The van der Waals surface area contributed by atoms with Crippen molar-refractivity contribution in [2.24, 2.45) is 7.05 Å². The number of amides is 1. The van der Waals surface area contributed by atoms with E-state index in [2.05, 4.69) is 15.6 Å². The molecule has 0 radical (unpaired) electrons. The van der Waals surface area contributed by atoms with Gasteiger partial charge in [0.25, 0.3) is 0 Å². The molecule has 0 saturated carbocycles. The van der Waals surface area contributed by atoms with Gasteiger partial charge in [-0.15, -0.1) is 0 Å². The Kier molecular flexibility index (Phi) is 5.34. The Bertz CT molecular complexity index is 595. The van der Waals surface area contributed by atoms with Crippen LogP contribution in [0.1, 0.15) is 5.82 Å². The van der Waals surface area contributed by atoms with Gasteiger partial charge in [0.05, 0.1) is 13.7 Å². The second kappa shape index (κ2) is 7.44. The topological polar surface area (TPSA) is 68.2 Å². The first kappa shape index (κ1) is 15.1. The van der Waals surface area contributed by atoms with Crippen molar-refractivity contribution in [3.63, 3.8) is 0 Å². The van der Waals surface area contributed by atoms with Gasteiger partial charge in [-0.3, -0.25) is 4.79 Å². The van der Waals surface area contributed by atoms with Crippen LogP contribution in [0.15, 0.2) is 36.7 Å². The summed E-state index contributed by atoms with van der Waals surface area (Å²) in [6.45, 7) is 0.970. The molecule has 112 valence electrons. The number of hydrogen-bond acceptors (Lipinski definition) is 4. The number of nitrogens with one attached hydrogen (secondary N) is 2. The summed E-state index contributed by atoms with van der Waals surface area (Å²) in [5.41, 5.74) is 0.727. The van der Waals surface area contributed by atoms with Crippen molar-refractivity contribution in [3.05, 3.63) is 42.5 Å². The van der Waals surface area contributed by atoms with Gasteiger partial charge in [0, 0.05) is 44.2 Å². The van der Waals surface area contributed by atoms with E-state index in [1.165, 1.54) is 0 Å². The van der Waals surface area contributed by atoms with Crippen LogP contribution in [0.2, 0.25) is 0 Å². The third kappa shape index (κ3) is 4.61. The maximum absolute atomic E-state index is 11.8. The van der Waals surface area contributed by atoms with E-state index in [9.17, 15) is 4.79 Å². The Balaban J connectivity index is 1.71. The molecule has 0 spiro atoms. The van der Waals surface area contributed by atoms with Crippen LogP contribution in [-0.2, 0) is 18.3 Å². The van der Waals surface area contributed by atoms with E-state index in [4.69, 9.17) is 4.74 Å². The summed E-state index contributed by atoms with van der Waals surface area (Å²) in [5.74, 6) is 1.63. The normalized spacial score (nSPS) is 10.4. The number of imidazole rings is 1. The Morgan fingerprint density at radius 1 is 1.43 bits per heavy atom. The molecule has 0 atom stereocenters. The Labute approximate surface area is 124 Å². The van der Waals surface area contributed by atoms with Crippen LogP contribution in [0, 0.1) is 0 Å². The van der Waals surface area contributed by atoms with Crippen LogP contribution in [0.5, 0.6) is 5.75 Å². The van der Waals surface area contributed by atoms with Gasteiger partial charge in [-0.1, -0.05) is 6.07 Å². The molecule has 2 N–H and O–H groups in total. The molecule has 0 aliphatic heterocycles. The quantitative estimate of drug-likeness (QED) is 0.751. The Morgan fingerprint density at radius 3 is 3.00 bits per heavy atom. The van der Waals surface area contributed by atoms with Gasteiger partial charge in [-0.2, -0.15) is 0 Å².